The van der Waals surface area contributed by atoms with Gasteiger partial charge < -0.3 is 10.2 Å². The van der Waals surface area contributed by atoms with E-state index in [0.717, 1.165) is 22.3 Å². The fraction of sp³-hybridized carbons (Fsp3) is 0.100. The van der Waals surface area contributed by atoms with E-state index in [9.17, 15) is 19.8 Å². The number of hydrogen-bond donors (Lipinski definition) is 2. The second-order valence-electron chi connectivity index (χ2n) is 5.18. The standard InChI is InChI=1S/C20H18O4/c1-3-17(13-7-5-9-15(11-13)19(21)22)18(4-2)14-8-6-10-16(12-14)20(23)24/h3-12H,1-2H3,(H,21,22)(H,23,24). The molecule has 0 aromatic heterocycles. The first kappa shape index (κ1) is 17.2. The molecule has 2 N–H and O–H groups in total. The number of carboxylic acids is 2. The fourth-order valence-electron chi connectivity index (χ4n) is 2.59. The first-order valence-corrected chi connectivity index (χ1v) is 7.48. The van der Waals surface area contributed by atoms with Gasteiger partial charge in [-0.1, -0.05) is 36.4 Å². The minimum absolute atomic E-state index is 0.210. The van der Waals surface area contributed by atoms with Crippen LogP contribution in [0.3, 0.4) is 0 Å². The number of carboxylic acid groups (broad SMARTS) is 2. The van der Waals surface area contributed by atoms with Crippen LogP contribution in [0.25, 0.3) is 11.1 Å². The monoisotopic (exact) mass is 322 g/mol. The third-order valence-corrected chi connectivity index (χ3v) is 3.71. The number of hydrogen-bond acceptors (Lipinski definition) is 2. The minimum atomic E-state index is -0.984. The molecule has 0 amide bonds. The summed E-state index contributed by atoms with van der Waals surface area (Å²) in [5.41, 5.74) is 3.66. The van der Waals surface area contributed by atoms with Crippen LogP contribution >= 0.6 is 0 Å². The lowest BCUT2D eigenvalue weighted by molar-refractivity contribution is 0.0686. The molecule has 4 nitrogen and oxygen atoms in total. The van der Waals surface area contributed by atoms with Gasteiger partial charge in [0.25, 0.3) is 0 Å². The van der Waals surface area contributed by atoms with Crippen LogP contribution in [-0.4, -0.2) is 22.2 Å². The largest absolute Gasteiger partial charge is 0.478 e. The zero-order chi connectivity index (χ0) is 17.7. The van der Waals surface area contributed by atoms with Crippen molar-refractivity contribution in [3.05, 3.63) is 82.9 Å². The average Bonchev–Trinajstić information content (AvgIpc) is 2.59. The molecule has 122 valence electrons. The van der Waals surface area contributed by atoms with Gasteiger partial charge in [-0.2, -0.15) is 0 Å². The van der Waals surface area contributed by atoms with E-state index in [4.69, 9.17) is 0 Å². The minimum Gasteiger partial charge on any atom is -0.478 e. The fourth-order valence-corrected chi connectivity index (χ4v) is 2.59. The van der Waals surface area contributed by atoms with E-state index in [1.54, 1.807) is 36.4 Å². The van der Waals surface area contributed by atoms with Crippen LogP contribution in [0.15, 0.2) is 60.7 Å². The molecule has 0 bridgehead atoms. The number of carbonyl (C=O) groups is 2. The Labute approximate surface area is 140 Å². The highest BCUT2D eigenvalue weighted by Crippen LogP contribution is 2.32. The highest BCUT2D eigenvalue weighted by Gasteiger charge is 2.13. The first-order chi connectivity index (χ1) is 11.5. The first-order valence-electron chi connectivity index (χ1n) is 7.48. The number of allylic oxidation sites excluding steroid dienone is 4. The van der Waals surface area contributed by atoms with Gasteiger partial charge in [0.2, 0.25) is 0 Å². The maximum Gasteiger partial charge on any atom is 0.335 e. The molecule has 2 rings (SSSR count). The van der Waals surface area contributed by atoms with Crippen LogP contribution in [0.2, 0.25) is 0 Å². The molecule has 0 saturated heterocycles. The summed E-state index contributed by atoms with van der Waals surface area (Å²) in [5, 5.41) is 18.3. The highest BCUT2D eigenvalue weighted by atomic mass is 16.4. The molecule has 0 aliphatic rings. The summed E-state index contributed by atoms with van der Waals surface area (Å²) in [7, 11) is 0. The van der Waals surface area contributed by atoms with Gasteiger partial charge in [-0.3, -0.25) is 0 Å². The Hall–Kier alpha value is -3.14. The third kappa shape index (κ3) is 3.60. The molecular weight excluding hydrogens is 304 g/mol. The molecule has 0 unspecified atom stereocenters. The van der Waals surface area contributed by atoms with Gasteiger partial charge in [0.1, 0.15) is 0 Å². The molecule has 2 aromatic rings. The summed E-state index contributed by atoms with van der Waals surface area (Å²) in [6, 6.07) is 13.4. The highest BCUT2D eigenvalue weighted by molar-refractivity contribution is 6.06. The predicted molar refractivity (Wildman–Crippen MR) is 94.1 cm³/mol. The van der Waals surface area contributed by atoms with Gasteiger partial charge in [-0.25, -0.2) is 9.59 Å². The van der Waals surface area contributed by atoms with Crippen LogP contribution in [0.5, 0.6) is 0 Å². The quantitative estimate of drug-likeness (QED) is 0.790. The molecule has 0 spiro atoms. The van der Waals surface area contributed by atoms with Crippen molar-refractivity contribution in [1.82, 2.24) is 0 Å². The molecule has 2 aromatic carbocycles. The smallest absolute Gasteiger partial charge is 0.335 e. The molecule has 4 heteroatoms. The van der Waals surface area contributed by atoms with Crippen molar-refractivity contribution in [3.8, 4) is 0 Å². The normalized spacial score (nSPS) is 12.1. The second-order valence-corrected chi connectivity index (χ2v) is 5.18. The van der Waals surface area contributed by atoms with E-state index in [1.165, 1.54) is 0 Å². The molecule has 0 aliphatic carbocycles. The summed E-state index contributed by atoms with van der Waals surface area (Å²) >= 11 is 0. The van der Waals surface area contributed by atoms with Gasteiger partial charge in [0, 0.05) is 0 Å². The molecule has 0 heterocycles. The van der Waals surface area contributed by atoms with Crippen molar-refractivity contribution in [2.24, 2.45) is 0 Å². The molecule has 0 atom stereocenters. The second kappa shape index (κ2) is 7.42. The van der Waals surface area contributed by atoms with Crippen molar-refractivity contribution in [3.63, 3.8) is 0 Å². The summed E-state index contributed by atoms with van der Waals surface area (Å²) in [6.07, 6.45) is 3.79. The van der Waals surface area contributed by atoms with Crippen LogP contribution in [0.1, 0.15) is 45.7 Å². The van der Waals surface area contributed by atoms with Crippen LogP contribution < -0.4 is 0 Å². The van der Waals surface area contributed by atoms with E-state index in [0.29, 0.717) is 0 Å². The van der Waals surface area contributed by atoms with E-state index >= 15 is 0 Å². The summed E-state index contributed by atoms with van der Waals surface area (Å²) in [5.74, 6) is -1.97. The van der Waals surface area contributed by atoms with E-state index in [-0.39, 0.29) is 11.1 Å². The SMILES string of the molecule is CC=C(C(=CC)c1cccc(C(=O)O)c1)c1cccc(C(=O)O)c1. The zero-order valence-electron chi connectivity index (χ0n) is 13.5. The van der Waals surface area contributed by atoms with Gasteiger partial charge in [-0.15, -0.1) is 0 Å². The van der Waals surface area contributed by atoms with Crippen molar-refractivity contribution in [2.45, 2.75) is 13.8 Å². The Bertz CT molecular complexity index is 773. The Morgan fingerprint density at radius 3 is 1.33 bits per heavy atom. The Balaban J connectivity index is 2.53. The van der Waals surface area contributed by atoms with E-state index in [2.05, 4.69) is 0 Å². The maximum absolute atomic E-state index is 11.2. The Morgan fingerprint density at radius 2 is 1.04 bits per heavy atom. The lowest BCUT2D eigenvalue weighted by atomic mass is 9.90. The van der Waals surface area contributed by atoms with Gasteiger partial charge in [0.15, 0.2) is 0 Å². The lowest BCUT2D eigenvalue weighted by Gasteiger charge is -2.14. The molecular formula is C20H18O4. The van der Waals surface area contributed by atoms with Crippen LogP contribution in [0.4, 0.5) is 0 Å². The molecule has 24 heavy (non-hydrogen) atoms. The van der Waals surface area contributed by atoms with Crippen molar-refractivity contribution in [1.29, 1.82) is 0 Å². The van der Waals surface area contributed by atoms with E-state index < -0.39 is 11.9 Å². The van der Waals surface area contributed by atoms with Crippen LogP contribution in [0, 0.1) is 0 Å². The maximum atomic E-state index is 11.2. The number of rotatable bonds is 5. The van der Waals surface area contributed by atoms with Gasteiger partial charge in [0.05, 0.1) is 11.1 Å². The van der Waals surface area contributed by atoms with Crippen molar-refractivity contribution < 1.29 is 19.8 Å². The topological polar surface area (TPSA) is 74.6 Å². The third-order valence-electron chi connectivity index (χ3n) is 3.71. The number of aromatic carboxylic acids is 2. The van der Waals surface area contributed by atoms with E-state index in [1.807, 2.05) is 38.1 Å². The molecule has 0 saturated carbocycles. The van der Waals surface area contributed by atoms with Gasteiger partial charge in [-0.05, 0) is 60.4 Å². The summed E-state index contributed by atoms with van der Waals surface area (Å²) in [6.45, 7) is 3.74. The van der Waals surface area contributed by atoms with Crippen molar-refractivity contribution in [2.75, 3.05) is 0 Å². The van der Waals surface area contributed by atoms with Crippen LogP contribution in [-0.2, 0) is 0 Å². The molecule has 0 fully saturated rings. The van der Waals surface area contributed by atoms with Gasteiger partial charge >= 0.3 is 11.9 Å². The Kier molecular flexibility index (Phi) is 5.32. The number of benzene rings is 2. The van der Waals surface area contributed by atoms with Crippen molar-refractivity contribution >= 4 is 23.1 Å². The summed E-state index contributed by atoms with van der Waals surface area (Å²) < 4.78 is 0. The molecule has 0 radical (unpaired) electrons. The summed E-state index contributed by atoms with van der Waals surface area (Å²) in [4.78, 5) is 22.4. The predicted octanol–water partition coefficient (Wildman–Crippen LogP) is 4.59. The zero-order valence-corrected chi connectivity index (χ0v) is 13.5. The lowest BCUT2D eigenvalue weighted by Crippen LogP contribution is -2.00. The average molecular weight is 322 g/mol. The molecule has 0 aliphatic heterocycles. The Morgan fingerprint density at radius 1 is 0.708 bits per heavy atom.